The van der Waals surface area contributed by atoms with Crippen molar-refractivity contribution in [3.63, 3.8) is 0 Å². The summed E-state index contributed by atoms with van der Waals surface area (Å²) in [7, 11) is 0. The fourth-order valence-corrected chi connectivity index (χ4v) is 3.47. The predicted molar refractivity (Wildman–Crippen MR) is 84.8 cm³/mol. The van der Waals surface area contributed by atoms with Gasteiger partial charge in [0, 0.05) is 5.92 Å². The summed E-state index contributed by atoms with van der Waals surface area (Å²) in [5.41, 5.74) is 0. The van der Waals surface area contributed by atoms with Gasteiger partial charge in [0.15, 0.2) is 0 Å². The first-order valence-corrected chi connectivity index (χ1v) is 8.53. The maximum Gasteiger partial charge on any atom is 0.0979 e. The number of alkyl halides is 1. The number of hydrogen-bond acceptors (Lipinski definition) is 3. The third-order valence-electron chi connectivity index (χ3n) is 4.16. The largest absolute Gasteiger partial charge is 0.374 e. The summed E-state index contributed by atoms with van der Waals surface area (Å²) in [5, 5.41) is 0. The van der Waals surface area contributed by atoms with Crippen LogP contribution in [-0.2, 0) is 14.2 Å². The van der Waals surface area contributed by atoms with Crippen LogP contribution in [0.15, 0.2) is 12.2 Å². The highest BCUT2D eigenvalue weighted by Crippen LogP contribution is 2.34. The first kappa shape index (κ1) is 15.7. The van der Waals surface area contributed by atoms with Gasteiger partial charge >= 0.3 is 0 Å². The molecule has 0 aromatic rings. The minimum Gasteiger partial charge on any atom is -0.374 e. The zero-order chi connectivity index (χ0) is 13.8. The normalized spacial score (nSPS) is 41.8. The molecule has 0 radical (unpaired) electrons. The lowest BCUT2D eigenvalue weighted by Crippen LogP contribution is -2.24. The van der Waals surface area contributed by atoms with Crippen molar-refractivity contribution in [1.82, 2.24) is 0 Å². The first-order valence-electron chi connectivity index (χ1n) is 7.29. The van der Waals surface area contributed by atoms with Gasteiger partial charge in [0.1, 0.15) is 0 Å². The van der Waals surface area contributed by atoms with E-state index in [1.54, 1.807) is 0 Å². The second-order valence-corrected chi connectivity index (χ2v) is 7.30. The van der Waals surface area contributed by atoms with Crippen molar-refractivity contribution in [3.05, 3.63) is 12.2 Å². The average molecular weight is 380 g/mol. The fraction of sp³-hybridized carbons (Fsp3) is 0.867. The molecule has 2 fully saturated rings. The highest BCUT2D eigenvalue weighted by atomic mass is 127. The molecule has 0 bridgehead atoms. The summed E-state index contributed by atoms with van der Waals surface area (Å²) in [4.78, 5) is 0. The lowest BCUT2D eigenvalue weighted by molar-refractivity contribution is 0.0661. The van der Waals surface area contributed by atoms with Gasteiger partial charge in [-0.2, -0.15) is 0 Å². The molecule has 0 aliphatic carbocycles. The molecule has 1 unspecified atom stereocenters. The number of fused-ring (bicyclic) bond motifs is 1. The van der Waals surface area contributed by atoms with Crippen LogP contribution in [0, 0.1) is 11.8 Å². The molecule has 3 aliphatic rings. The number of rotatable bonds is 2. The molecule has 0 amide bonds. The number of hydrogen-bond donors (Lipinski definition) is 0. The standard InChI is InChI=1S/C8H14O.C7H11IO2/c1-3-7(2)8-5-4-6-9-8;1-4-2-9-7-5(8)3-10-6(4)7/h4-5,7-8H,3,6H2,1-2H3;4-7H,2-3H2,1H3/t7-,8+;4-,5?,6-,7-/m11/s1. The molecule has 0 saturated carbocycles. The van der Waals surface area contributed by atoms with Crippen molar-refractivity contribution >= 4 is 22.6 Å². The SMILES string of the molecule is CC[C@@H](C)[C@@H]1C=CCO1.C[C@@H]1CO[C@@H]2C(I)CO[C@H]12. The van der Waals surface area contributed by atoms with E-state index in [-0.39, 0.29) is 0 Å². The summed E-state index contributed by atoms with van der Waals surface area (Å²) in [6, 6.07) is 0. The molecular weight excluding hydrogens is 355 g/mol. The van der Waals surface area contributed by atoms with Gasteiger partial charge in [-0.3, -0.25) is 0 Å². The summed E-state index contributed by atoms with van der Waals surface area (Å²) < 4.78 is 17.1. The van der Waals surface area contributed by atoms with Crippen LogP contribution in [0.3, 0.4) is 0 Å². The van der Waals surface area contributed by atoms with E-state index in [0.717, 1.165) is 19.8 Å². The highest BCUT2D eigenvalue weighted by molar-refractivity contribution is 14.1. The van der Waals surface area contributed by atoms with Crippen LogP contribution >= 0.6 is 22.6 Å². The molecule has 0 N–H and O–H groups in total. The van der Waals surface area contributed by atoms with Gasteiger partial charge in [-0.05, 0) is 5.92 Å². The lowest BCUT2D eigenvalue weighted by Gasteiger charge is -2.14. The van der Waals surface area contributed by atoms with Crippen molar-refractivity contribution in [2.45, 2.75) is 49.4 Å². The van der Waals surface area contributed by atoms with Crippen molar-refractivity contribution in [2.75, 3.05) is 19.8 Å². The van der Waals surface area contributed by atoms with Gasteiger partial charge in [-0.25, -0.2) is 0 Å². The third-order valence-corrected chi connectivity index (χ3v) is 5.22. The average Bonchev–Trinajstić information content (AvgIpc) is 3.11. The Kier molecular flexibility index (Phi) is 6.11. The van der Waals surface area contributed by atoms with E-state index in [2.05, 4.69) is 55.5 Å². The topological polar surface area (TPSA) is 27.7 Å². The molecule has 6 atom stereocenters. The van der Waals surface area contributed by atoms with E-state index in [4.69, 9.17) is 14.2 Å². The van der Waals surface area contributed by atoms with E-state index in [9.17, 15) is 0 Å². The molecule has 3 aliphatic heterocycles. The molecule has 3 nitrogen and oxygen atoms in total. The Hall–Kier alpha value is 0.350. The molecule has 3 heterocycles. The Morgan fingerprint density at radius 1 is 1.21 bits per heavy atom. The number of ether oxygens (including phenoxy) is 3. The Balaban J connectivity index is 0.000000141. The van der Waals surface area contributed by atoms with Crippen LogP contribution in [-0.4, -0.2) is 42.1 Å². The number of halogens is 1. The fourth-order valence-electron chi connectivity index (χ4n) is 2.64. The van der Waals surface area contributed by atoms with E-state index >= 15 is 0 Å². The van der Waals surface area contributed by atoms with Crippen LogP contribution in [0.2, 0.25) is 0 Å². The van der Waals surface area contributed by atoms with Crippen LogP contribution in [0.4, 0.5) is 0 Å². The third kappa shape index (κ3) is 3.93. The minimum absolute atomic E-state index is 0.385. The molecule has 0 aromatic carbocycles. The molecule has 0 spiro atoms. The van der Waals surface area contributed by atoms with E-state index in [1.165, 1.54) is 6.42 Å². The smallest absolute Gasteiger partial charge is 0.0979 e. The van der Waals surface area contributed by atoms with Gasteiger partial charge in [-0.1, -0.05) is 61.9 Å². The Morgan fingerprint density at radius 3 is 2.53 bits per heavy atom. The summed E-state index contributed by atoms with van der Waals surface area (Å²) >= 11 is 2.41. The predicted octanol–water partition coefficient (Wildman–Crippen LogP) is 3.21. The summed E-state index contributed by atoms with van der Waals surface area (Å²) in [5.74, 6) is 1.29. The second-order valence-electron chi connectivity index (χ2n) is 5.70. The molecule has 3 rings (SSSR count). The van der Waals surface area contributed by atoms with E-state index < -0.39 is 0 Å². The molecule has 4 heteroatoms. The van der Waals surface area contributed by atoms with Crippen LogP contribution in [0.25, 0.3) is 0 Å². The first-order chi connectivity index (χ1) is 9.13. The lowest BCUT2D eigenvalue weighted by atomic mass is 10.0. The van der Waals surface area contributed by atoms with E-state index in [1.807, 2.05) is 0 Å². The van der Waals surface area contributed by atoms with Crippen LogP contribution < -0.4 is 0 Å². The van der Waals surface area contributed by atoms with Crippen LogP contribution in [0.5, 0.6) is 0 Å². The second kappa shape index (κ2) is 7.38. The van der Waals surface area contributed by atoms with Gasteiger partial charge in [0.05, 0.1) is 42.1 Å². The monoisotopic (exact) mass is 380 g/mol. The van der Waals surface area contributed by atoms with Crippen LogP contribution in [0.1, 0.15) is 27.2 Å². The molecule has 2 saturated heterocycles. The van der Waals surface area contributed by atoms with Crippen molar-refractivity contribution < 1.29 is 14.2 Å². The van der Waals surface area contributed by atoms with Gasteiger partial charge in [-0.15, -0.1) is 0 Å². The maximum absolute atomic E-state index is 5.57. The highest BCUT2D eigenvalue weighted by Gasteiger charge is 2.44. The Morgan fingerprint density at radius 2 is 1.95 bits per heavy atom. The Labute approximate surface area is 130 Å². The minimum atomic E-state index is 0.385. The Bertz CT molecular complexity index is 292. The van der Waals surface area contributed by atoms with Gasteiger partial charge in [0.25, 0.3) is 0 Å². The summed E-state index contributed by atoms with van der Waals surface area (Å²) in [6.07, 6.45) is 6.63. The molecular formula is C15H25IO3. The molecule has 110 valence electrons. The maximum atomic E-state index is 5.57. The van der Waals surface area contributed by atoms with Crippen molar-refractivity contribution in [1.29, 1.82) is 0 Å². The van der Waals surface area contributed by atoms with Gasteiger partial charge in [0.2, 0.25) is 0 Å². The quantitative estimate of drug-likeness (QED) is 0.418. The molecule has 0 aromatic heterocycles. The summed E-state index contributed by atoms with van der Waals surface area (Å²) in [6.45, 7) is 9.18. The van der Waals surface area contributed by atoms with E-state index in [0.29, 0.717) is 34.1 Å². The van der Waals surface area contributed by atoms with Crippen molar-refractivity contribution in [2.24, 2.45) is 11.8 Å². The van der Waals surface area contributed by atoms with Crippen molar-refractivity contribution in [3.8, 4) is 0 Å². The zero-order valence-corrected chi connectivity index (χ0v) is 14.2. The zero-order valence-electron chi connectivity index (χ0n) is 12.0. The molecule has 19 heavy (non-hydrogen) atoms. The van der Waals surface area contributed by atoms with Gasteiger partial charge < -0.3 is 14.2 Å².